The Bertz CT molecular complexity index is 896. The summed E-state index contributed by atoms with van der Waals surface area (Å²) in [5.74, 6) is 1.17. The van der Waals surface area contributed by atoms with Crippen molar-refractivity contribution in [1.82, 2.24) is 15.3 Å². The number of aromatic amines is 1. The van der Waals surface area contributed by atoms with Gasteiger partial charge in [0.25, 0.3) is 5.91 Å². The highest BCUT2D eigenvalue weighted by atomic mass is 35.5. The molecule has 140 valence electrons. The van der Waals surface area contributed by atoms with Crippen LogP contribution in [-0.4, -0.2) is 34.8 Å². The number of carbonyl (C=O) groups is 1. The maximum absolute atomic E-state index is 12.3. The van der Waals surface area contributed by atoms with E-state index in [0.717, 1.165) is 16.4 Å². The fourth-order valence-electron chi connectivity index (χ4n) is 2.50. The molecule has 27 heavy (non-hydrogen) atoms. The van der Waals surface area contributed by atoms with Gasteiger partial charge in [-0.3, -0.25) is 4.79 Å². The molecule has 0 unspecified atom stereocenters. The van der Waals surface area contributed by atoms with Gasteiger partial charge in [-0.1, -0.05) is 47.6 Å². The van der Waals surface area contributed by atoms with Crippen LogP contribution in [0.4, 0.5) is 0 Å². The minimum Gasteiger partial charge on any atom is -0.493 e. The molecule has 0 saturated carbocycles. The van der Waals surface area contributed by atoms with Crippen LogP contribution in [0.3, 0.4) is 0 Å². The number of para-hydroxylation sites is 1. The predicted octanol–water partition coefficient (Wildman–Crippen LogP) is 4.65. The molecule has 0 saturated heterocycles. The van der Waals surface area contributed by atoms with Gasteiger partial charge in [0, 0.05) is 17.3 Å². The molecular formula is C20H20ClN3O2S. The fraction of sp³-hybridized carbons (Fsp3) is 0.200. The molecule has 7 heteroatoms. The number of ether oxygens (including phenoxy) is 1. The van der Waals surface area contributed by atoms with Crippen molar-refractivity contribution in [2.24, 2.45) is 0 Å². The molecule has 1 aromatic heterocycles. The Morgan fingerprint density at radius 2 is 2.00 bits per heavy atom. The van der Waals surface area contributed by atoms with Gasteiger partial charge in [0.1, 0.15) is 5.75 Å². The number of imidazole rings is 1. The summed E-state index contributed by atoms with van der Waals surface area (Å²) in [6.07, 6.45) is 1.79. The number of aromatic nitrogens is 2. The third-order valence-electron chi connectivity index (χ3n) is 3.77. The Morgan fingerprint density at radius 3 is 2.78 bits per heavy atom. The molecule has 0 atom stereocenters. The van der Waals surface area contributed by atoms with Crippen LogP contribution < -0.4 is 10.1 Å². The maximum atomic E-state index is 12.3. The Hall–Kier alpha value is -2.44. The number of halogens is 1. The maximum Gasteiger partial charge on any atom is 0.255 e. The zero-order valence-electron chi connectivity index (χ0n) is 14.9. The van der Waals surface area contributed by atoms with E-state index in [1.165, 1.54) is 0 Å². The van der Waals surface area contributed by atoms with E-state index in [0.29, 0.717) is 35.2 Å². The number of rotatable bonds is 8. The van der Waals surface area contributed by atoms with Crippen LogP contribution >= 0.6 is 23.4 Å². The Kier molecular flexibility index (Phi) is 6.79. The molecule has 5 nitrogen and oxygen atoms in total. The summed E-state index contributed by atoms with van der Waals surface area (Å²) in [4.78, 5) is 20.0. The Morgan fingerprint density at radius 1 is 1.22 bits per heavy atom. The van der Waals surface area contributed by atoms with Crippen molar-refractivity contribution in [1.29, 1.82) is 0 Å². The molecule has 0 aliphatic heterocycles. The lowest BCUT2D eigenvalue weighted by Gasteiger charge is -2.10. The molecule has 2 aromatic carbocycles. The Balaban J connectivity index is 1.49. The van der Waals surface area contributed by atoms with Crippen molar-refractivity contribution < 1.29 is 9.53 Å². The molecule has 0 aliphatic carbocycles. The summed E-state index contributed by atoms with van der Waals surface area (Å²) in [7, 11) is 0. The van der Waals surface area contributed by atoms with E-state index in [1.54, 1.807) is 30.1 Å². The van der Waals surface area contributed by atoms with E-state index in [4.69, 9.17) is 16.3 Å². The number of H-pyrrole nitrogens is 1. The van der Waals surface area contributed by atoms with E-state index >= 15 is 0 Å². The van der Waals surface area contributed by atoms with Crippen LogP contribution in [0.25, 0.3) is 11.3 Å². The van der Waals surface area contributed by atoms with Crippen molar-refractivity contribution in [3.8, 4) is 17.0 Å². The fourth-order valence-corrected chi connectivity index (χ4v) is 3.33. The molecule has 2 N–H and O–H groups in total. The van der Waals surface area contributed by atoms with Gasteiger partial charge in [-0.15, -0.1) is 0 Å². The largest absolute Gasteiger partial charge is 0.493 e. The highest BCUT2D eigenvalue weighted by Crippen LogP contribution is 2.23. The van der Waals surface area contributed by atoms with Crippen molar-refractivity contribution in [2.75, 3.05) is 18.9 Å². The van der Waals surface area contributed by atoms with Gasteiger partial charge < -0.3 is 15.0 Å². The third-order valence-corrected chi connectivity index (χ3v) is 4.91. The van der Waals surface area contributed by atoms with Gasteiger partial charge in [-0.25, -0.2) is 4.98 Å². The summed E-state index contributed by atoms with van der Waals surface area (Å²) in [6, 6.07) is 14.8. The molecule has 0 fully saturated rings. The van der Waals surface area contributed by atoms with Crippen molar-refractivity contribution in [2.45, 2.75) is 12.1 Å². The van der Waals surface area contributed by atoms with Crippen LogP contribution in [0.1, 0.15) is 17.3 Å². The lowest BCUT2D eigenvalue weighted by molar-refractivity contribution is 0.0952. The van der Waals surface area contributed by atoms with Gasteiger partial charge in [0.2, 0.25) is 0 Å². The molecule has 0 spiro atoms. The highest BCUT2D eigenvalue weighted by molar-refractivity contribution is 7.99. The zero-order chi connectivity index (χ0) is 19.1. The molecule has 3 rings (SSSR count). The number of nitrogens with one attached hydrogen (secondary N) is 2. The van der Waals surface area contributed by atoms with Crippen LogP contribution in [0.15, 0.2) is 59.9 Å². The average Bonchev–Trinajstić information content (AvgIpc) is 3.15. The topological polar surface area (TPSA) is 67.0 Å². The van der Waals surface area contributed by atoms with E-state index in [1.807, 2.05) is 43.3 Å². The smallest absolute Gasteiger partial charge is 0.255 e. The zero-order valence-corrected chi connectivity index (χ0v) is 16.4. The van der Waals surface area contributed by atoms with Crippen LogP contribution in [0.2, 0.25) is 5.02 Å². The normalized spacial score (nSPS) is 10.6. The number of nitrogens with zero attached hydrogens (tertiary/aromatic N) is 1. The van der Waals surface area contributed by atoms with Crippen LogP contribution in [0, 0.1) is 0 Å². The number of carbonyl (C=O) groups excluding carboxylic acids is 1. The standard InChI is InChI=1S/C20H20ClN3O2S/c1-2-26-18-6-4-3-5-16(18)19(25)22-11-12-27-20-23-13-17(24-20)14-7-9-15(21)10-8-14/h3-10,13H,2,11-12H2,1H3,(H,22,25)(H,23,24). The molecule has 3 aromatic rings. The first kappa shape index (κ1) is 19.3. The second-order valence-electron chi connectivity index (χ2n) is 5.64. The molecule has 0 bridgehead atoms. The summed E-state index contributed by atoms with van der Waals surface area (Å²) < 4.78 is 5.50. The lowest BCUT2D eigenvalue weighted by atomic mass is 10.2. The quantitative estimate of drug-likeness (QED) is 0.426. The molecular weight excluding hydrogens is 382 g/mol. The summed E-state index contributed by atoms with van der Waals surface area (Å²) in [6.45, 7) is 2.95. The molecule has 0 radical (unpaired) electrons. The number of thioether (sulfide) groups is 1. The van der Waals surface area contributed by atoms with E-state index in [-0.39, 0.29) is 5.91 Å². The van der Waals surface area contributed by atoms with Crippen molar-refractivity contribution in [3.63, 3.8) is 0 Å². The average molecular weight is 402 g/mol. The molecule has 1 amide bonds. The van der Waals surface area contributed by atoms with Crippen molar-refractivity contribution >= 4 is 29.3 Å². The predicted molar refractivity (Wildman–Crippen MR) is 110 cm³/mol. The van der Waals surface area contributed by atoms with E-state index in [2.05, 4.69) is 15.3 Å². The second kappa shape index (κ2) is 9.48. The van der Waals surface area contributed by atoms with Crippen molar-refractivity contribution in [3.05, 3.63) is 65.3 Å². The van der Waals surface area contributed by atoms with Gasteiger partial charge in [0.05, 0.1) is 24.1 Å². The monoisotopic (exact) mass is 401 g/mol. The minimum absolute atomic E-state index is 0.138. The van der Waals surface area contributed by atoms with Gasteiger partial charge in [0.15, 0.2) is 5.16 Å². The first-order chi connectivity index (χ1) is 13.2. The number of amides is 1. The summed E-state index contributed by atoms with van der Waals surface area (Å²) >= 11 is 7.47. The van der Waals surface area contributed by atoms with Crippen LogP contribution in [-0.2, 0) is 0 Å². The van der Waals surface area contributed by atoms with Crippen LogP contribution in [0.5, 0.6) is 5.75 Å². The van der Waals surface area contributed by atoms with Gasteiger partial charge in [-0.2, -0.15) is 0 Å². The van der Waals surface area contributed by atoms with E-state index in [9.17, 15) is 4.79 Å². The Labute approximate surface area is 167 Å². The first-order valence-corrected chi connectivity index (χ1v) is 9.97. The van der Waals surface area contributed by atoms with Gasteiger partial charge in [-0.05, 0) is 36.8 Å². The van der Waals surface area contributed by atoms with E-state index < -0.39 is 0 Å². The summed E-state index contributed by atoms with van der Waals surface area (Å²) in [5.41, 5.74) is 2.51. The molecule has 1 heterocycles. The first-order valence-electron chi connectivity index (χ1n) is 8.61. The summed E-state index contributed by atoms with van der Waals surface area (Å²) in [5, 5.41) is 4.43. The highest BCUT2D eigenvalue weighted by Gasteiger charge is 2.11. The second-order valence-corrected chi connectivity index (χ2v) is 7.16. The number of hydrogen-bond donors (Lipinski definition) is 2. The third kappa shape index (κ3) is 5.28. The number of hydrogen-bond acceptors (Lipinski definition) is 4. The minimum atomic E-state index is -0.138. The molecule has 0 aliphatic rings. The van der Waals surface area contributed by atoms with Gasteiger partial charge >= 0.3 is 0 Å². The number of benzene rings is 2. The lowest BCUT2D eigenvalue weighted by Crippen LogP contribution is -2.26. The SMILES string of the molecule is CCOc1ccccc1C(=O)NCCSc1ncc(-c2ccc(Cl)cc2)[nH]1.